The maximum atomic E-state index is 6.90. The molecule has 12 aromatic rings. The first kappa shape index (κ1) is 41.5. The molecule has 11 aromatic carbocycles. The quantitative estimate of drug-likeness (QED) is 0.158. The topological polar surface area (TPSA) is 16.4 Å². The van der Waals surface area contributed by atoms with Gasteiger partial charge in [0.15, 0.2) is 5.58 Å². The number of fused-ring (bicyclic) bond motifs is 15. The fourth-order valence-electron chi connectivity index (χ4n) is 12.2. The van der Waals surface area contributed by atoms with Crippen molar-refractivity contribution in [1.29, 1.82) is 0 Å². The van der Waals surface area contributed by atoms with Gasteiger partial charge in [-0.25, -0.2) is 0 Å². The number of hydrogen-bond donors (Lipinski definition) is 0. The Morgan fingerprint density at radius 3 is 1.58 bits per heavy atom. The zero-order valence-corrected chi connectivity index (χ0v) is 40.4. The number of nitrogens with zero attached hydrogens (tertiary/aromatic N) is 1. The Bertz CT molecular complexity index is 4070. The standard InChI is InChI=1S/C69H51NO/c1-42(2)46-31-35-55-56-36-32-47(43(3)4)41-63(56)69(62(55)40-46)60-18-9-7-16-59(60)67-61(69)19-12-20-64(67)70(65-21-11-17-58-57-15-8-10-22-66(57)71-68(58)65)54-33-29-45(30-34-54)49-25-26-52-39-53(28-27-51(52)38-49)50-24-23-44-13-5-6-14-48(44)37-50/h5-43H,1-4H3. The summed E-state index contributed by atoms with van der Waals surface area (Å²) in [4.78, 5) is 2.46. The molecular weight excluding hydrogens is 859 g/mol. The molecule has 71 heavy (non-hydrogen) atoms. The molecule has 0 bridgehead atoms. The van der Waals surface area contributed by atoms with Crippen LogP contribution in [-0.2, 0) is 5.41 Å². The van der Waals surface area contributed by atoms with Crippen molar-refractivity contribution in [1.82, 2.24) is 0 Å². The van der Waals surface area contributed by atoms with Gasteiger partial charge in [0.1, 0.15) is 5.58 Å². The average Bonchev–Trinajstić information content (AvgIpc) is 4.08. The highest BCUT2D eigenvalue weighted by atomic mass is 16.3. The highest BCUT2D eigenvalue weighted by Crippen LogP contribution is 2.65. The average molecular weight is 910 g/mol. The molecule has 0 fully saturated rings. The van der Waals surface area contributed by atoms with E-state index in [9.17, 15) is 0 Å². The second-order valence-corrected chi connectivity index (χ2v) is 20.4. The lowest BCUT2D eigenvalue weighted by Crippen LogP contribution is -2.26. The second kappa shape index (κ2) is 15.8. The van der Waals surface area contributed by atoms with Gasteiger partial charge in [0.2, 0.25) is 0 Å². The van der Waals surface area contributed by atoms with Gasteiger partial charge in [0.25, 0.3) is 0 Å². The molecule has 2 nitrogen and oxygen atoms in total. The first-order valence-electron chi connectivity index (χ1n) is 25.2. The van der Waals surface area contributed by atoms with Crippen LogP contribution >= 0.6 is 0 Å². The third-order valence-electron chi connectivity index (χ3n) is 15.8. The molecule has 2 heteroatoms. The predicted octanol–water partition coefficient (Wildman–Crippen LogP) is 19.3. The Labute approximate surface area is 415 Å². The van der Waals surface area contributed by atoms with Crippen LogP contribution in [-0.4, -0.2) is 0 Å². The molecule has 0 unspecified atom stereocenters. The minimum atomic E-state index is -0.504. The summed E-state index contributed by atoms with van der Waals surface area (Å²) in [5, 5.41) is 7.18. The predicted molar refractivity (Wildman–Crippen MR) is 299 cm³/mol. The van der Waals surface area contributed by atoms with Gasteiger partial charge in [-0.1, -0.05) is 204 Å². The van der Waals surface area contributed by atoms with Crippen LogP contribution in [0.1, 0.15) is 72.9 Å². The molecular formula is C69H51NO. The van der Waals surface area contributed by atoms with Crippen molar-refractivity contribution in [2.45, 2.75) is 44.9 Å². The summed E-state index contributed by atoms with van der Waals surface area (Å²) >= 11 is 0. The molecule has 338 valence electrons. The number of rotatable bonds is 7. The van der Waals surface area contributed by atoms with Gasteiger partial charge >= 0.3 is 0 Å². The molecule has 1 aromatic heterocycles. The van der Waals surface area contributed by atoms with E-state index in [-0.39, 0.29) is 0 Å². The van der Waals surface area contributed by atoms with E-state index in [4.69, 9.17) is 4.42 Å². The Balaban J connectivity index is 0.952. The number of benzene rings is 11. The van der Waals surface area contributed by atoms with Crippen molar-refractivity contribution in [3.8, 4) is 44.5 Å². The summed E-state index contributed by atoms with van der Waals surface area (Å²) in [6, 6.07) is 84.0. The lowest BCUT2D eigenvalue weighted by atomic mass is 9.69. The van der Waals surface area contributed by atoms with E-state index in [1.807, 2.05) is 0 Å². The molecule has 14 rings (SSSR count). The van der Waals surface area contributed by atoms with Crippen molar-refractivity contribution in [3.63, 3.8) is 0 Å². The molecule has 1 spiro atoms. The SMILES string of the molecule is CC(C)c1ccc2c(c1)C1(c3cc(C(C)C)ccc3-2)c2ccccc2-c2c(N(c3ccc(-c4ccc5cc(-c6ccc7ccccc7c6)ccc5c4)cc3)c3cccc4c3oc3ccccc34)cccc21. The fourth-order valence-corrected chi connectivity index (χ4v) is 12.2. The highest BCUT2D eigenvalue weighted by molar-refractivity contribution is 6.11. The summed E-state index contributed by atoms with van der Waals surface area (Å²) < 4.78 is 6.90. The van der Waals surface area contributed by atoms with Crippen molar-refractivity contribution in [3.05, 3.63) is 258 Å². The molecule has 0 aliphatic heterocycles. The van der Waals surface area contributed by atoms with Crippen LogP contribution in [0.3, 0.4) is 0 Å². The number of furan rings is 1. The monoisotopic (exact) mass is 909 g/mol. The second-order valence-electron chi connectivity index (χ2n) is 20.4. The van der Waals surface area contributed by atoms with E-state index in [2.05, 4.69) is 257 Å². The van der Waals surface area contributed by atoms with Crippen molar-refractivity contribution in [2.75, 3.05) is 4.90 Å². The van der Waals surface area contributed by atoms with E-state index in [1.54, 1.807) is 0 Å². The molecule has 0 radical (unpaired) electrons. The molecule has 0 amide bonds. The van der Waals surface area contributed by atoms with Gasteiger partial charge in [-0.15, -0.1) is 0 Å². The lowest BCUT2D eigenvalue weighted by molar-refractivity contribution is 0.669. The Hall–Kier alpha value is -8.46. The molecule has 0 atom stereocenters. The Morgan fingerprint density at radius 2 is 0.887 bits per heavy atom. The van der Waals surface area contributed by atoms with Gasteiger partial charge in [-0.2, -0.15) is 0 Å². The summed E-state index contributed by atoms with van der Waals surface area (Å²) in [6.45, 7) is 9.25. The van der Waals surface area contributed by atoms with E-state index in [0.29, 0.717) is 11.8 Å². The zero-order valence-electron chi connectivity index (χ0n) is 40.4. The van der Waals surface area contributed by atoms with E-state index in [1.165, 1.54) is 99.4 Å². The highest BCUT2D eigenvalue weighted by Gasteiger charge is 2.53. The van der Waals surface area contributed by atoms with Crippen molar-refractivity contribution >= 4 is 60.5 Å². The Kier molecular flexibility index (Phi) is 9.23. The molecule has 0 saturated carbocycles. The smallest absolute Gasteiger partial charge is 0.159 e. The van der Waals surface area contributed by atoms with Crippen LogP contribution in [0.5, 0.6) is 0 Å². The summed E-state index contributed by atoms with van der Waals surface area (Å²) in [6.07, 6.45) is 0. The Morgan fingerprint density at radius 1 is 0.366 bits per heavy atom. The largest absolute Gasteiger partial charge is 0.454 e. The van der Waals surface area contributed by atoms with Crippen molar-refractivity contribution in [2.24, 2.45) is 0 Å². The van der Waals surface area contributed by atoms with Crippen LogP contribution in [0.15, 0.2) is 229 Å². The number of para-hydroxylation sites is 2. The van der Waals surface area contributed by atoms with E-state index >= 15 is 0 Å². The summed E-state index contributed by atoms with van der Waals surface area (Å²) in [5.74, 6) is 0.780. The first-order valence-corrected chi connectivity index (χ1v) is 25.2. The van der Waals surface area contributed by atoms with E-state index < -0.39 is 5.41 Å². The maximum Gasteiger partial charge on any atom is 0.159 e. The van der Waals surface area contributed by atoms with Gasteiger partial charge in [0.05, 0.1) is 16.8 Å². The van der Waals surface area contributed by atoms with Gasteiger partial charge < -0.3 is 9.32 Å². The van der Waals surface area contributed by atoms with Crippen LogP contribution in [0.2, 0.25) is 0 Å². The maximum absolute atomic E-state index is 6.90. The van der Waals surface area contributed by atoms with Crippen LogP contribution in [0.25, 0.3) is 88.0 Å². The minimum Gasteiger partial charge on any atom is -0.454 e. The number of anilines is 3. The third-order valence-corrected chi connectivity index (χ3v) is 15.8. The lowest BCUT2D eigenvalue weighted by Gasteiger charge is -2.32. The molecule has 0 N–H and O–H groups in total. The molecule has 2 aliphatic carbocycles. The third kappa shape index (κ3) is 6.20. The minimum absolute atomic E-state index is 0.390. The van der Waals surface area contributed by atoms with Crippen LogP contribution < -0.4 is 4.90 Å². The fraction of sp³-hybridized carbons (Fsp3) is 0.101. The van der Waals surface area contributed by atoms with E-state index in [0.717, 1.165) is 39.0 Å². The molecule has 2 aliphatic rings. The van der Waals surface area contributed by atoms with Gasteiger partial charge in [-0.3, -0.25) is 0 Å². The molecule has 0 saturated heterocycles. The van der Waals surface area contributed by atoms with Gasteiger partial charge in [0, 0.05) is 22.0 Å². The summed E-state index contributed by atoms with van der Waals surface area (Å²) in [7, 11) is 0. The van der Waals surface area contributed by atoms with Crippen molar-refractivity contribution < 1.29 is 4.42 Å². The van der Waals surface area contributed by atoms with Crippen LogP contribution in [0.4, 0.5) is 17.1 Å². The first-order chi connectivity index (χ1) is 34.8. The normalized spacial score (nSPS) is 13.2. The number of hydrogen-bond acceptors (Lipinski definition) is 2. The molecule has 1 heterocycles. The zero-order chi connectivity index (χ0) is 47.5. The van der Waals surface area contributed by atoms with Gasteiger partial charge in [-0.05, 0) is 154 Å². The summed E-state index contributed by atoms with van der Waals surface area (Å²) in [5.41, 5.74) is 22.5. The van der Waals surface area contributed by atoms with Crippen LogP contribution in [0, 0.1) is 0 Å².